The van der Waals surface area contributed by atoms with Crippen molar-refractivity contribution in [1.29, 1.82) is 0 Å². The van der Waals surface area contributed by atoms with E-state index in [1.165, 1.54) is 0 Å². The largest absolute Gasteiger partial charge is 0.330 e. The number of aromatic nitrogens is 1. The van der Waals surface area contributed by atoms with Gasteiger partial charge in [0.15, 0.2) is 0 Å². The van der Waals surface area contributed by atoms with Crippen LogP contribution < -0.4 is 10.9 Å². The molecule has 2 N–H and O–H groups in total. The number of fused-ring (bicyclic) bond motifs is 1. The average molecular weight is 240 g/mol. The molecule has 4 heteroatoms. The SMILES string of the molecule is C=C1CC(c2c(=O)[nH]cc3ccccc23)C(=O)N1. The summed E-state index contributed by atoms with van der Waals surface area (Å²) in [5, 5.41) is 4.43. The third-order valence-corrected chi connectivity index (χ3v) is 3.27. The van der Waals surface area contributed by atoms with E-state index in [9.17, 15) is 9.59 Å². The molecule has 90 valence electrons. The predicted octanol–water partition coefficient (Wildman–Crippen LogP) is 1.65. The van der Waals surface area contributed by atoms with Crippen molar-refractivity contribution in [3.05, 3.63) is 58.7 Å². The Labute approximate surface area is 103 Å². The smallest absolute Gasteiger partial charge is 0.252 e. The van der Waals surface area contributed by atoms with E-state index >= 15 is 0 Å². The molecule has 1 unspecified atom stereocenters. The summed E-state index contributed by atoms with van der Waals surface area (Å²) in [6, 6.07) is 7.55. The average Bonchev–Trinajstić information content (AvgIpc) is 2.68. The summed E-state index contributed by atoms with van der Waals surface area (Å²) in [6.07, 6.45) is 2.15. The van der Waals surface area contributed by atoms with E-state index in [1.807, 2.05) is 24.3 Å². The lowest BCUT2D eigenvalue weighted by Gasteiger charge is -2.09. The van der Waals surface area contributed by atoms with Gasteiger partial charge in [0.1, 0.15) is 0 Å². The summed E-state index contributed by atoms with van der Waals surface area (Å²) >= 11 is 0. The molecule has 1 fully saturated rings. The predicted molar refractivity (Wildman–Crippen MR) is 69.2 cm³/mol. The van der Waals surface area contributed by atoms with Crippen molar-refractivity contribution in [2.75, 3.05) is 0 Å². The van der Waals surface area contributed by atoms with E-state index in [4.69, 9.17) is 0 Å². The van der Waals surface area contributed by atoms with Gasteiger partial charge in [0.2, 0.25) is 5.91 Å². The minimum atomic E-state index is -0.438. The molecule has 1 aliphatic rings. The first-order valence-corrected chi connectivity index (χ1v) is 5.76. The quantitative estimate of drug-likeness (QED) is 0.796. The van der Waals surface area contributed by atoms with E-state index in [-0.39, 0.29) is 11.5 Å². The van der Waals surface area contributed by atoms with Gasteiger partial charge in [-0.25, -0.2) is 0 Å². The van der Waals surface area contributed by atoms with Crippen LogP contribution in [0.25, 0.3) is 10.8 Å². The first-order chi connectivity index (χ1) is 8.66. The zero-order valence-corrected chi connectivity index (χ0v) is 9.69. The van der Waals surface area contributed by atoms with Crippen molar-refractivity contribution in [3.8, 4) is 0 Å². The van der Waals surface area contributed by atoms with Gasteiger partial charge in [0.25, 0.3) is 5.56 Å². The van der Waals surface area contributed by atoms with Gasteiger partial charge in [-0.15, -0.1) is 0 Å². The summed E-state index contributed by atoms with van der Waals surface area (Å²) in [4.78, 5) is 26.6. The van der Waals surface area contributed by atoms with Gasteiger partial charge in [-0.05, 0) is 10.8 Å². The van der Waals surface area contributed by atoms with Gasteiger partial charge < -0.3 is 10.3 Å². The zero-order valence-electron chi connectivity index (χ0n) is 9.69. The molecule has 1 aliphatic heterocycles. The number of carbonyl (C=O) groups is 1. The summed E-state index contributed by atoms with van der Waals surface area (Å²) in [5.74, 6) is -0.589. The number of allylic oxidation sites excluding steroid dienone is 1. The van der Waals surface area contributed by atoms with Crippen LogP contribution in [0.2, 0.25) is 0 Å². The van der Waals surface area contributed by atoms with Crippen molar-refractivity contribution in [2.24, 2.45) is 0 Å². The van der Waals surface area contributed by atoms with Crippen molar-refractivity contribution in [2.45, 2.75) is 12.3 Å². The van der Waals surface area contributed by atoms with Crippen molar-refractivity contribution >= 4 is 16.7 Å². The fourth-order valence-electron chi connectivity index (χ4n) is 2.44. The van der Waals surface area contributed by atoms with Crippen molar-refractivity contribution in [3.63, 3.8) is 0 Å². The Balaban J connectivity index is 2.28. The second-order valence-electron chi connectivity index (χ2n) is 4.47. The molecule has 0 bridgehead atoms. The zero-order chi connectivity index (χ0) is 12.7. The molecule has 1 aromatic carbocycles. The highest BCUT2D eigenvalue weighted by molar-refractivity contribution is 5.94. The second-order valence-corrected chi connectivity index (χ2v) is 4.47. The van der Waals surface area contributed by atoms with Crippen LogP contribution in [0.4, 0.5) is 0 Å². The highest BCUT2D eigenvalue weighted by atomic mass is 16.2. The maximum absolute atomic E-state index is 12.0. The number of carbonyl (C=O) groups excluding carboxylic acids is 1. The lowest BCUT2D eigenvalue weighted by Crippen LogP contribution is -2.23. The van der Waals surface area contributed by atoms with Crippen LogP contribution in [0.3, 0.4) is 0 Å². The van der Waals surface area contributed by atoms with Crippen LogP contribution in [0.1, 0.15) is 17.9 Å². The minimum Gasteiger partial charge on any atom is -0.330 e. The van der Waals surface area contributed by atoms with Crippen LogP contribution in [-0.4, -0.2) is 10.9 Å². The number of amides is 1. The first-order valence-electron chi connectivity index (χ1n) is 5.76. The molecular formula is C14H12N2O2. The lowest BCUT2D eigenvalue weighted by molar-refractivity contribution is -0.120. The number of hydrogen-bond acceptors (Lipinski definition) is 2. The fraction of sp³-hybridized carbons (Fsp3) is 0.143. The Kier molecular flexibility index (Phi) is 2.30. The van der Waals surface area contributed by atoms with Crippen LogP contribution in [0.15, 0.2) is 47.5 Å². The maximum atomic E-state index is 12.0. The monoisotopic (exact) mass is 240 g/mol. The third-order valence-electron chi connectivity index (χ3n) is 3.27. The molecule has 0 aliphatic carbocycles. The normalized spacial score (nSPS) is 19.2. The number of pyridine rings is 1. The Morgan fingerprint density at radius 1 is 1.22 bits per heavy atom. The van der Waals surface area contributed by atoms with E-state index in [0.29, 0.717) is 17.7 Å². The molecule has 1 atom stereocenters. The molecule has 1 amide bonds. The number of benzene rings is 1. The van der Waals surface area contributed by atoms with Gasteiger partial charge in [-0.2, -0.15) is 0 Å². The number of aromatic amines is 1. The molecule has 0 saturated carbocycles. The Morgan fingerprint density at radius 3 is 2.72 bits per heavy atom. The minimum absolute atomic E-state index is 0.151. The summed E-state index contributed by atoms with van der Waals surface area (Å²) in [7, 11) is 0. The number of H-pyrrole nitrogens is 1. The fourth-order valence-corrected chi connectivity index (χ4v) is 2.44. The number of hydrogen-bond donors (Lipinski definition) is 2. The second kappa shape index (κ2) is 3.84. The Hall–Kier alpha value is -2.36. The van der Waals surface area contributed by atoms with E-state index < -0.39 is 5.92 Å². The first kappa shape index (κ1) is 10.8. The van der Waals surface area contributed by atoms with E-state index in [2.05, 4.69) is 16.9 Å². The molecular weight excluding hydrogens is 228 g/mol. The maximum Gasteiger partial charge on any atom is 0.252 e. The summed E-state index contributed by atoms with van der Waals surface area (Å²) < 4.78 is 0. The summed E-state index contributed by atoms with van der Waals surface area (Å²) in [5.41, 5.74) is 0.991. The number of rotatable bonds is 1. The van der Waals surface area contributed by atoms with Gasteiger partial charge in [-0.1, -0.05) is 30.8 Å². The highest BCUT2D eigenvalue weighted by Crippen LogP contribution is 2.30. The molecule has 4 nitrogen and oxygen atoms in total. The Morgan fingerprint density at radius 2 is 2.00 bits per heavy atom. The molecule has 2 heterocycles. The molecule has 1 aromatic heterocycles. The standard InChI is InChI=1S/C14H12N2O2/c1-8-6-11(13(17)16-8)12-10-5-3-2-4-9(10)7-15-14(12)18/h2-5,7,11H,1,6H2,(H,15,18)(H,16,17). The molecule has 3 rings (SSSR count). The van der Waals surface area contributed by atoms with E-state index in [0.717, 1.165) is 10.8 Å². The molecule has 1 saturated heterocycles. The topological polar surface area (TPSA) is 62.0 Å². The van der Waals surface area contributed by atoms with Gasteiger partial charge in [0.05, 0.1) is 5.92 Å². The van der Waals surface area contributed by atoms with E-state index in [1.54, 1.807) is 6.20 Å². The lowest BCUT2D eigenvalue weighted by atomic mass is 9.94. The van der Waals surface area contributed by atoms with Gasteiger partial charge >= 0.3 is 0 Å². The molecule has 0 spiro atoms. The molecule has 2 aromatic rings. The Bertz CT molecular complexity index is 715. The van der Waals surface area contributed by atoms with Crippen LogP contribution >= 0.6 is 0 Å². The van der Waals surface area contributed by atoms with Crippen molar-refractivity contribution < 1.29 is 4.79 Å². The highest BCUT2D eigenvalue weighted by Gasteiger charge is 2.31. The summed E-state index contributed by atoms with van der Waals surface area (Å²) in [6.45, 7) is 3.75. The molecule has 0 radical (unpaired) electrons. The third kappa shape index (κ3) is 1.54. The molecule has 18 heavy (non-hydrogen) atoms. The van der Waals surface area contributed by atoms with Crippen LogP contribution in [-0.2, 0) is 4.79 Å². The van der Waals surface area contributed by atoms with Gasteiger partial charge in [-0.3, -0.25) is 9.59 Å². The number of nitrogens with one attached hydrogen (secondary N) is 2. The van der Waals surface area contributed by atoms with Crippen LogP contribution in [0.5, 0.6) is 0 Å². The van der Waals surface area contributed by atoms with Crippen molar-refractivity contribution in [1.82, 2.24) is 10.3 Å². The van der Waals surface area contributed by atoms with Crippen LogP contribution in [0, 0.1) is 0 Å². The van der Waals surface area contributed by atoms with Gasteiger partial charge in [0, 0.05) is 23.9 Å².